The molecule has 0 spiro atoms. The molecule has 0 radical (unpaired) electrons. The Balaban J connectivity index is 2.66. The van der Waals surface area contributed by atoms with E-state index < -0.39 is 11.5 Å². The summed E-state index contributed by atoms with van der Waals surface area (Å²) in [5.41, 5.74) is 1.71. The van der Waals surface area contributed by atoms with E-state index in [2.05, 4.69) is 9.72 Å². The first-order valence-corrected chi connectivity index (χ1v) is 6.07. The monoisotopic (exact) mass is 273 g/mol. The third-order valence-corrected chi connectivity index (χ3v) is 3.16. The van der Waals surface area contributed by atoms with Crippen LogP contribution in [0.25, 0.3) is 11.3 Å². The van der Waals surface area contributed by atoms with Crippen molar-refractivity contribution in [3.63, 3.8) is 0 Å². The van der Waals surface area contributed by atoms with Crippen LogP contribution in [-0.2, 0) is 4.74 Å². The molecule has 0 atom stereocenters. The SMILES string of the molecule is COC(=O)c1c(O)c(C)c(-c2ccc(C)cc2)[nH]c1=O. The smallest absolute Gasteiger partial charge is 0.347 e. The molecule has 20 heavy (non-hydrogen) atoms. The summed E-state index contributed by atoms with van der Waals surface area (Å²) in [5.74, 6) is -1.21. The number of esters is 1. The molecule has 104 valence electrons. The van der Waals surface area contributed by atoms with Crippen molar-refractivity contribution in [2.24, 2.45) is 0 Å². The molecule has 0 saturated carbocycles. The van der Waals surface area contributed by atoms with Gasteiger partial charge in [-0.15, -0.1) is 0 Å². The topological polar surface area (TPSA) is 79.4 Å². The molecule has 2 aromatic rings. The minimum atomic E-state index is -0.859. The van der Waals surface area contributed by atoms with Crippen LogP contribution in [0, 0.1) is 13.8 Å². The third kappa shape index (κ3) is 2.30. The Labute approximate surface area is 115 Å². The normalized spacial score (nSPS) is 10.3. The first kappa shape index (κ1) is 13.9. The van der Waals surface area contributed by atoms with E-state index in [-0.39, 0.29) is 11.3 Å². The van der Waals surface area contributed by atoms with Gasteiger partial charge < -0.3 is 14.8 Å². The maximum Gasteiger partial charge on any atom is 0.347 e. The molecule has 0 bridgehead atoms. The number of rotatable bonds is 2. The predicted octanol–water partition coefficient (Wildman–Crippen LogP) is 2.15. The fourth-order valence-electron chi connectivity index (χ4n) is 1.98. The summed E-state index contributed by atoms with van der Waals surface area (Å²) in [6.45, 7) is 3.59. The Hall–Kier alpha value is -2.56. The number of nitrogens with one attached hydrogen (secondary N) is 1. The molecule has 0 saturated heterocycles. The third-order valence-electron chi connectivity index (χ3n) is 3.16. The van der Waals surface area contributed by atoms with Crippen molar-refractivity contribution in [1.82, 2.24) is 4.98 Å². The number of methoxy groups -OCH3 is 1. The lowest BCUT2D eigenvalue weighted by Gasteiger charge is -2.10. The van der Waals surface area contributed by atoms with E-state index in [1.165, 1.54) is 0 Å². The number of hydrogen-bond acceptors (Lipinski definition) is 4. The zero-order valence-electron chi connectivity index (χ0n) is 11.5. The second kappa shape index (κ2) is 5.21. The molecule has 5 heteroatoms. The fourth-order valence-corrected chi connectivity index (χ4v) is 1.98. The largest absolute Gasteiger partial charge is 0.506 e. The average molecular weight is 273 g/mol. The summed E-state index contributed by atoms with van der Waals surface area (Å²) in [6, 6.07) is 7.48. The molecule has 2 N–H and O–H groups in total. The second-order valence-electron chi connectivity index (χ2n) is 4.54. The highest BCUT2D eigenvalue weighted by molar-refractivity contribution is 5.93. The van der Waals surface area contributed by atoms with Gasteiger partial charge in [-0.3, -0.25) is 4.79 Å². The van der Waals surface area contributed by atoms with E-state index in [0.717, 1.165) is 18.2 Å². The highest BCUT2D eigenvalue weighted by Gasteiger charge is 2.21. The number of ether oxygens (including phenoxy) is 1. The summed E-state index contributed by atoms with van der Waals surface area (Å²) in [7, 11) is 1.16. The Morgan fingerprint density at radius 3 is 2.35 bits per heavy atom. The van der Waals surface area contributed by atoms with Gasteiger partial charge in [0, 0.05) is 5.56 Å². The highest BCUT2D eigenvalue weighted by atomic mass is 16.5. The lowest BCUT2D eigenvalue weighted by molar-refractivity contribution is 0.0595. The molecule has 0 aliphatic rings. The van der Waals surface area contributed by atoms with Crippen LogP contribution in [0.5, 0.6) is 5.75 Å². The second-order valence-corrected chi connectivity index (χ2v) is 4.54. The maximum atomic E-state index is 11.9. The van der Waals surface area contributed by atoms with Gasteiger partial charge in [-0.2, -0.15) is 0 Å². The molecule has 2 rings (SSSR count). The number of pyridine rings is 1. The van der Waals surface area contributed by atoms with Gasteiger partial charge in [0.25, 0.3) is 5.56 Å². The average Bonchev–Trinajstić information content (AvgIpc) is 2.43. The zero-order valence-corrected chi connectivity index (χ0v) is 11.5. The van der Waals surface area contributed by atoms with Gasteiger partial charge >= 0.3 is 5.97 Å². The van der Waals surface area contributed by atoms with E-state index in [9.17, 15) is 14.7 Å². The molecule has 5 nitrogen and oxygen atoms in total. The number of H-pyrrole nitrogens is 1. The van der Waals surface area contributed by atoms with Crippen LogP contribution in [0.3, 0.4) is 0 Å². The van der Waals surface area contributed by atoms with Gasteiger partial charge in [0.1, 0.15) is 5.75 Å². The Morgan fingerprint density at radius 1 is 1.20 bits per heavy atom. The predicted molar refractivity (Wildman–Crippen MR) is 75.0 cm³/mol. The van der Waals surface area contributed by atoms with Gasteiger partial charge in [0.05, 0.1) is 12.8 Å². The Morgan fingerprint density at radius 2 is 1.80 bits per heavy atom. The number of carbonyl (C=O) groups is 1. The van der Waals surface area contributed by atoms with Gasteiger partial charge in [-0.1, -0.05) is 29.8 Å². The van der Waals surface area contributed by atoms with Crippen molar-refractivity contribution in [3.05, 3.63) is 51.3 Å². The van der Waals surface area contributed by atoms with Crippen molar-refractivity contribution < 1.29 is 14.6 Å². The molecule has 0 aliphatic heterocycles. The van der Waals surface area contributed by atoms with Crippen LogP contribution in [0.4, 0.5) is 0 Å². The number of carbonyl (C=O) groups excluding carboxylic acids is 1. The summed E-state index contributed by atoms with van der Waals surface area (Å²) in [4.78, 5) is 26.1. The van der Waals surface area contributed by atoms with Gasteiger partial charge in [-0.25, -0.2) is 4.79 Å². The number of aromatic amines is 1. The van der Waals surface area contributed by atoms with Crippen LogP contribution in [0.2, 0.25) is 0 Å². The van der Waals surface area contributed by atoms with E-state index in [1.807, 2.05) is 31.2 Å². The highest BCUT2D eigenvalue weighted by Crippen LogP contribution is 2.28. The molecule has 0 unspecified atom stereocenters. The summed E-state index contributed by atoms with van der Waals surface area (Å²) >= 11 is 0. The quantitative estimate of drug-likeness (QED) is 0.822. The Bertz CT molecular complexity index is 714. The summed E-state index contributed by atoms with van der Waals surface area (Å²) in [5, 5.41) is 10.1. The minimum Gasteiger partial charge on any atom is -0.506 e. The van der Waals surface area contributed by atoms with Crippen molar-refractivity contribution in [1.29, 1.82) is 0 Å². The molecule has 1 heterocycles. The number of hydrogen-bond donors (Lipinski definition) is 2. The number of aryl methyl sites for hydroxylation is 1. The standard InChI is InChI=1S/C15H15NO4/c1-8-4-6-10(7-5-8)12-9(2)13(17)11(14(18)16-12)15(19)20-3/h4-7H,1-3H3,(H2,16,17,18). The van der Waals surface area contributed by atoms with Crippen molar-refractivity contribution in [2.45, 2.75) is 13.8 Å². The van der Waals surface area contributed by atoms with Crippen LogP contribution in [0.15, 0.2) is 29.1 Å². The number of benzene rings is 1. The molecule has 1 aromatic carbocycles. The molecule has 1 aromatic heterocycles. The van der Waals surface area contributed by atoms with E-state index >= 15 is 0 Å². The maximum absolute atomic E-state index is 11.9. The number of aromatic hydroxyl groups is 1. The van der Waals surface area contributed by atoms with Crippen LogP contribution < -0.4 is 5.56 Å². The summed E-state index contributed by atoms with van der Waals surface area (Å²) in [6.07, 6.45) is 0. The van der Waals surface area contributed by atoms with E-state index in [1.54, 1.807) is 6.92 Å². The van der Waals surface area contributed by atoms with Crippen molar-refractivity contribution in [2.75, 3.05) is 7.11 Å². The minimum absolute atomic E-state index is 0.351. The van der Waals surface area contributed by atoms with Gasteiger partial charge in [-0.05, 0) is 19.4 Å². The zero-order chi connectivity index (χ0) is 14.9. The van der Waals surface area contributed by atoms with E-state index in [0.29, 0.717) is 11.3 Å². The van der Waals surface area contributed by atoms with Gasteiger partial charge in [0.15, 0.2) is 5.56 Å². The molecule has 0 aliphatic carbocycles. The first-order valence-electron chi connectivity index (χ1n) is 6.07. The molecule has 0 fully saturated rings. The lowest BCUT2D eigenvalue weighted by atomic mass is 10.0. The van der Waals surface area contributed by atoms with Crippen molar-refractivity contribution in [3.8, 4) is 17.0 Å². The van der Waals surface area contributed by atoms with Crippen LogP contribution in [-0.4, -0.2) is 23.2 Å². The Kier molecular flexibility index (Phi) is 3.61. The summed E-state index contributed by atoms with van der Waals surface area (Å²) < 4.78 is 4.50. The molecular formula is C15H15NO4. The first-order chi connectivity index (χ1) is 9.45. The molecular weight excluding hydrogens is 258 g/mol. The number of aromatic nitrogens is 1. The van der Waals surface area contributed by atoms with Gasteiger partial charge in [0.2, 0.25) is 0 Å². The van der Waals surface area contributed by atoms with Crippen LogP contribution in [0.1, 0.15) is 21.5 Å². The van der Waals surface area contributed by atoms with Crippen molar-refractivity contribution >= 4 is 5.97 Å². The van der Waals surface area contributed by atoms with Crippen LogP contribution >= 0.6 is 0 Å². The molecule has 0 amide bonds. The fraction of sp³-hybridized carbons (Fsp3) is 0.200. The van der Waals surface area contributed by atoms with E-state index in [4.69, 9.17) is 0 Å². The lowest BCUT2D eigenvalue weighted by Crippen LogP contribution is -2.20.